The topological polar surface area (TPSA) is 83.5 Å². The summed E-state index contributed by atoms with van der Waals surface area (Å²) in [6, 6.07) is 21.3. The van der Waals surface area contributed by atoms with Crippen molar-refractivity contribution in [3.63, 3.8) is 0 Å². The Hall–Kier alpha value is -3.16. The van der Waals surface area contributed by atoms with Crippen LogP contribution in [0.5, 0.6) is 0 Å². The second kappa shape index (κ2) is 7.35. The van der Waals surface area contributed by atoms with Gasteiger partial charge in [-0.2, -0.15) is 0 Å². The van der Waals surface area contributed by atoms with Gasteiger partial charge < -0.3 is 5.11 Å². The maximum absolute atomic E-state index is 13.2. The van der Waals surface area contributed by atoms with Crippen LogP contribution in [0.3, 0.4) is 0 Å². The van der Waals surface area contributed by atoms with Crippen LogP contribution in [0.4, 0.5) is 5.69 Å². The van der Waals surface area contributed by atoms with E-state index in [2.05, 4.69) is 4.72 Å². The number of nitrogens with one attached hydrogen (secondary N) is 1. The van der Waals surface area contributed by atoms with Crippen LogP contribution in [-0.2, 0) is 10.0 Å². The molecule has 0 fully saturated rings. The summed E-state index contributed by atoms with van der Waals surface area (Å²) in [5, 5.41) is 10.2. The van der Waals surface area contributed by atoms with Crippen molar-refractivity contribution in [3.8, 4) is 11.1 Å². The van der Waals surface area contributed by atoms with E-state index in [0.29, 0.717) is 10.3 Å². The molecule has 0 radical (unpaired) electrons. The highest BCUT2D eigenvalue weighted by molar-refractivity contribution is 7.93. The van der Waals surface area contributed by atoms with Gasteiger partial charge in [-0.3, -0.25) is 4.72 Å². The quantitative estimate of drug-likeness (QED) is 0.452. The van der Waals surface area contributed by atoms with E-state index in [1.54, 1.807) is 31.2 Å². The molecule has 0 aliphatic heterocycles. The summed E-state index contributed by atoms with van der Waals surface area (Å²) in [4.78, 5) is 12.5. The van der Waals surface area contributed by atoms with Crippen molar-refractivity contribution in [1.29, 1.82) is 0 Å². The van der Waals surface area contributed by atoms with Crippen molar-refractivity contribution in [3.05, 3.63) is 83.2 Å². The molecule has 0 aliphatic carbocycles. The first kappa shape index (κ1) is 19.2. The number of carboxylic acid groups (broad SMARTS) is 1. The number of carboxylic acids is 1. The Balaban J connectivity index is 1.83. The molecule has 0 amide bonds. The zero-order valence-electron chi connectivity index (χ0n) is 15.4. The molecule has 146 valence electrons. The van der Waals surface area contributed by atoms with Crippen molar-refractivity contribution >= 4 is 43.1 Å². The summed E-state index contributed by atoms with van der Waals surface area (Å²) >= 11 is 1.39. The summed E-state index contributed by atoms with van der Waals surface area (Å²) in [6.45, 7) is 1.75. The van der Waals surface area contributed by atoms with Gasteiger partial charge in [0.25, 0.3) is 10.0 Å². The lowest BCUT2D eigenvalue weighted by Gasteiger charge is -2.13. The SMILES string of the molecule is Cc1sc2ccccc2c1S(=O)(=O)Nc1cc(-c2ccccc2)ccc1C(=O)O. The average molecular weight is 424 g/mol. The lowest BCUT2D eigenvalue weighted by Crippen LogP contribution is -2.16. The highest BCUT2D eigenvalue weighted by atomic mass is 32.2. The van der Waals surface area contributed by atoms with Gasteiger partial charge in [0.1, 0.15) is 4.90 Å². The number of hydrogen-bond acceptors (Lipinski definition) is 4. The van der Waals surface area contributed by atoms with Crippen LogP contribution in [-0.4, -0.2) is 19.5 Å². The second-order valence-corrected chi connectivity index (χ2v) is 9.40. The van der Waals surface area contributed by atoms with Crippen molar-refractivity contribution < 1.29 is 18.3 Å². The molecule has 0 unspecified atom stereocenters. The highest BCUT2D eigenvalue weighted by Gasteiger charge is 2.25. The van der Waals surface area contributed by atoms with Crippen molar-refractivity contribution in [1.82, 2.24) is 0 Å². The maximum Gasteiger partial charge on any atom is 0.337 e. The van der Waals surface area contributed by atoms with E-state index in [1.807, 2.05) is 42.5 Å². The number of fused-ring (bicyclic) bond motifs is 1. The monoisotopic (exact) mass is 423 g/mol. The minimum absolute atomic E-state index is 0.0357. The molecule has 7 heteroatoms. The van der Waals surface area contributed by atoms with E-state index in [4.69, 9.17) is 0 Å². The van der Waals surface area contributed by atoms with Gasteiger partial charge in [-0.1, -0.05) is 54.6 Å². The summed E-state index contributed by atoms with van der Waals surface area (Å²) in [6.07, 6.45) is 0. The summed E-state index contributed by atoms with van der Waals surface area (Å²) in [5.41, 5.74) is 1.52. The lowest BCUT2D eigenvalue weighted by molar-refractivity contribution is 0.0698. The standard InChI is InChI=1S/C22H17NO4S2/c1-14-21(18-9-5-6-10-20(18)28-14)29(26,27)23-19-13-16(11-12-17(19)22(24)25)15-7-3-2-4-8-15/h2-13,23H,1H3,(H,24,25). The van der Waals surface area contributed by atoms with Crippen molar-refractivity contribution in [2.24, 2.45) is 0 Å². The smallest absolute Gasteiger partial charge is 0.337 e. The second-order valence-electron chi connectivity index (χ2n) is 6.52. The minimum atomic E-state index is -3.99. The molecule has 0 saturated heterocycles. The highest BCUT2D eigenvalue weighted by Crippen LogP contribution is 2.36. The largest absolute Gasteiger partial charge is 0.478 e. The zero-order valence-corrected chi connectivity index (χ0v) is 17.0. The van der Waals surface area contributed by atoms with Crippen LogP contribution in [0, 0.1) is 6.92 Å². The number of sulfonamides is 1. The molecule has 4 rings (SSSR count). The van der Waals surface area contributed by atoms with Gasteiger partial charge in [-0.15, -0.1) is 11.3 Å². The number of benzene rings is 3. The molecule has 0 bridgehead atoms. The number of hydrogen-bond donors (Lipinski definition) is 2. The molecule has 0 saturated carbocycles. The van der Waals surface area contributed by atoms with Crippen LogP contribution in [0.15, 0.2) is 77.7 Å². The predicted molar refractivity (Wildman–Crippen MR) is 116 cm³/mol. The lowest BCUT2D eigenvalue weighted by atomic mass is 10.0. The summed E-state index contributed by atoms with van der Waals surface area (Å²) in [7, 11) is -3.99. The van der Waals surface area contributed by atoms with Crippen LogP contribution in [0.25, 0.3) is 21.2 Å². The van der Waals surface area contributed by atoms with Crippen LogP contribution in [0.1, 0.15) is 15.2 Å². The third kappa shape index (κ3) is 3.62. The Bertz CT molecular complexity index is 1330. The molecule has 4 aromatic rings. The normalized spacial score (nSPS) is 11.5. The van der Waals surface area contributed by atoms with E-state index in [0.717, 1.165) is 15.8 Å². The van der Waals surface area contributed by atoms with Crippen molar-refractivity contribution in [2.45, 2.75) is 11.8 Å². The Labute approximate surface area is 172 Å². The number of anilines is 1. The van der Waals surface area contributed by atoms with E-state index < -0.39 is 16.0 Å². The Morgan fingerprint density at radius 2 is 1.62 bits per heavy atom. The first-order valence-electron chi connectivity index (χ1n) is 8.80. The molecule has 5 nitrogen and oxygen atoms in total. The fourth-order valence-corrected chi connectivity index (χ4v) is 6.18. The van der Waals surface area contributed by atoms with Gasteiger partial charge in [-0.25, -0.2) is 13.2 Å². The molecular weight excluding hydrogens is 406 g/mol. The Morgan fingerprint density at radius 1 is 0.931 bits per heavy atom. The molecule has 1 heterocycles. The predicted octanol–water partition coefficient (Wildman–Crippen LogP) is 5.38. The van der Waals surface area contributed by atoms with Gasteiger partial charge in [0.2, 0.25) is 0 Å². The van der Waals surface area contributed by atoms with Gasteiger partial charge in [-0.05, 0) is 36.2 Å². The first-order chi connectivity index (χ1) is 13.9. The van der Waals surface area contributed by atoms with Gasteiger partial charge in [0, 0.05) is 15.0 Å². The van der Waals surface area contributed by atoms with Crippen LogP contribution < -0.4 is 4.72 Å². The maximum atomic E-state index is 13.2. The van der Waals surface area contributed by atoms with Gasteiger partial charge in [0.15, 0.2) is 0 Å². The summed E-state index contributed by atoms with van der Waals surface area (Å²) < 4.78 is 29.8. The zero-order chi connectivity index (χ0) is 20.6. The fourth-order valence-electron chi connectivity index (χ4n) is 3.30. The third-order valence-electron chi connectivity index (χ3n) is 4.58. The molecule has 1 aromatic heterocycles. The number of thiophene rings is 1. The average Bonchev–Trinajstić information content (AvgIpc) is 3.04. The molecular formula is C22H17NO4S2. The third-order valence-corrected chi connectivity index (χ3v) is 7.35. The van der Waals surface area contributed by atoms with Crippen LogP contribution in [0.2, 0.25) is 0 Å². The fraction of sp³-hybridized carbons (Fsp3) is 0.0455. The molecule has 0 atom stereocenters. The number of aromatic carboxylic acids is 1. The number of aryl methyl sites for hydroxylation is 1. The van der Waals surface area contributed by atoms with E-state index in [1.165, 1.54) is 17.4 Å². The molecule has 3 aromatic carbocycles. The van der Waals surface area contributed by atoms with E-state index in [-0.39, 0.29) is 16.1 Å². The van der Waals surface area contributed by atoms with Crippen LogP contribution >= 0.6 is 11.3 Å². The number of carbonyl (C=O) groups is 1. The van der Waals surface area contributed by atoms with Crippen molar-refractivity contribution in [2.75, 3.05) is 4.72 Å². The molecule has 0 aliphatic rings. The number of rotatable bonds is 5. The molecule has 2 N–H and O–H groups in total. The molecule has 0 spiro atoms. The Morgan fingerprint density at radius 3 is 2.34 bits per heavy atom. The van der Waals surface area contributed by atoms with Gasteiger partial charge >= 0.3 is 5.97 Å². The van der Waals surface area contributed by atoms with Gasteiger partial charge in [0.05, 0.1) is 11.3 Å². The Kier molecular flexibility index (Phi) is 4.86. The first-order valence-corrected chi connectivity index (χ1v) is 11.1. The summed E-state index contributed by atoms with van der Waals surface area (Å²) in [5.74, 6) is -1.20. The van der Waals surface area contributed by atoms with E-state index >= 15 is 0 Å². The minimum Gasteiger partial charge on any atom is -0.478 e. The van der Waals surface area contributed by atoms with E-state index in [9.17, 15) is 18.3 Å². The molecule has 29 heavy (non-hydrogen) atoms.